The number of carbonyl (C=O) groups is 3. The summed E-state index contributed by atoms with van der Waals surface area (Å²) >= 11 is 5.93. The number of carbonyl (C=O) groups excluding carboxylic acids is 3. The number of ether oxygens (including phenoxy) is 4. The van der Waals surface area contributed by atoms with Crippen LogP contribution in [0.4, 0.5) is 25.8 Å². The van der Waals surface area contributed by atoms with Gasteiger partial charge in [-0.2, -0.15) is 0 Å². The molecule has 3 heterocycles. The van der Waals surface area contributed by atoms with Gasteiger partial charge in [-0.05, 0) is 132 Å². The number of alkyl carbamates (subject to hydrolysis) is 1. The fraction of sp³-hybridized carbons (Fsp3) is 0.426. The third kappa shape index (κ3) is 21.1. The van der Waals surface area contributed by atoms with Crippen LogP contribution in [0.25, 0.3) is 0 Å². The van der Waals surface area contributed by atoms with Crippen molar-refractivity contribution in [2.45, 2.75) is 91.1 Å². The molecule has 14 heteroatoms. The van der Waals surface area contributed by atoms with Gasteiger partial charge in [0.2, 0.25) is 0 Å². The molecule has 4 aromatic rings. The van der Waals surface area contributed by atoms with E-state index in [1.807, 2.05) is 113 Å². The van der Waals surface area contributed by atoms with Crippen molar-refractivity contribution in [3.05, 3.63) is 120 Å². The van der Waals surface area contributed by atoms with Crippen molar-refractivity contribution in [1.82, 2.24) is 21.3 Å². The molecular formula is C47H65ClN6O7. The summed E-state index contributed by atoms with van der Waals surface area (Å²) in [5.41, 5.74) is 2.34. The van der Waals surface area contributed by atoms with Crippen molar-refractivity contribution in [3.8, 4) is 11.5 Å². The van der Waals surface area contributed by atoms with Crippen LogP contribution in [0.3, 0.4) is 0 Å². The van der Waals surface area contributed by atoms with Gasteiger partial charge >= 0.3 is 18.3 Å². The fourth-order valence-corrected chi connectivity index (χ4v) is 6.27. The Morgan fingerprint density at radius 1 is 0.525 bits per heavy atom. The molecular weight excluding hydrogens is 796 g/mol. The average Bonchev–Trinajstić information content (AvgIpc) is 3.31. The monoisotopic (exact) mass is 860 g/mol. The Bertz CT molecular complexity index is 1770. The van der Waals surface area contributed by atoms with E-state index in [1.54, 1.807) is 24.3 Å². The van der Waals surface area contributed by atoms with E-state index < -0.39 is 12.2 Å². The predicted molar refractivity (Wildman–Crippen MR) is 245 cm³/mol. The average molecular weight is 862 g/mol. The molecule has 3 amide bonds. The smallest absolute Gasteiger partial charge is 0.411 e. The van der Waals surface area contributed by atoms with Crippen molar-refractivity contribution >= 4 is 41.3 Å². The quantitative estimate of drug-likeness (QED) is 0.0894. The number of para-hydroxylation sites is 2. The van der Waals surface area contributed by atoms with Gasteiger partial charge in [-0.3, -0.25) is 10.6 Å². The summed E-state index contributed by atoms with van der Waals surface area (Å²) in [5.74, 6) is 1.49. The Morgan fingerprint density at radius 3 is 1.43 bits per heavy atom. The van der Waals surface area contributed by atoms with Gasteiger partial charge in [0.1, 0.15) is 29.8 Å². The molecule has 3 aliphatic heterocycles. The Kier molecular flexibility index (Phi) is 25.1. The van der Waals surface area contributed by atoms with Gasteiger partial charge in [0, 0.05) is 12.2 Å². The summed E-state index contributed by atoms with van der Waals surface area (Å²) in [6, 6.07) is 33.7. The molecule has 0 unspecified atom stereocenters. The second kappa shape index (κ2) is 30.6. The van der Waals surface area contributed by atoms with E-state index in [-0.39, 0.29) is 24.4 Å². The molecule has 3 saturated heterocycles. The molecule has 4 aromatic carbocycles. The minimum Gasteiger partial charge on any atom is -0.457 e. The minimum atomic E-state index is -0.440. The highest BCUT2D eigenvalue weighted by molar-refractivity contribution is 6.33. The lowest BCUT2D eigenvalue weighted by Gasteiger charge is -2.22. The van der Waals surface area contributed by atoms with Crippen LogP contribution < -0.4 is 36.6 Å². The number of hydrogen-bond donors (Lipinski definition) is 6. The number of amides is 3. The third-order valence-electron chi connectivity index (χ3n) is 9.15. The standard InChI is InChI=1S/C18H20N2O3.C13H18N2O2.C12H15ClN2O2.2C2H6/c21-18(23-17-10-12-19-13-11-17)20-14-6-8-16(9-7-14)22-15-4-2-1-3-5-15;16-13(17-12-6-8-14-9-7-12)15-10-11-4-2-1-3-5-11;13-10-3-1-2-4-11(10)15-12(16)17-9-5-7-14-8-6-9;2*1-2/h1-9,17,19H,10-13H2,(H,20,21);1-5,12,14H,6-10H2,(H,15,16);1-4,9,14H,5-8H2,(H,15,16);2*1-2H3. The van der Waals surface area contributed by atoms with Crippen LogP contribution in [-0.2, 0) is 20.8 Å². The summed E-state index contributed by atoms with van der Waals surface area (Å²) in [5, 5.41) is 18.3. The molecule has 0 saturated carbocycles. The zero-order valence-electron chi connectivity index (χ0n) is 36.1. The topological polar surface area (TPSA) is 160 Å². The van der Waals surface area contributed by atoms with E-state index in [0.717, 1.165) is 89.1 Å². The molecule has 0 bridgehead atoms. The Balaban J connectivity index is 0.000000238. The Hall–Kier alpha value is -5.34. The van der Waals surface area contributed by atoms with Crippen LogP contribution >= 0.6 is 11.6 Å². The van der Waals surface area contributed by atoms with Crippen LogP contribution in [0.1, 0.15) is 71.8 Å². The van der Waals surface area contributed by atoms with Crippen LogP contribution in [0.5, 0.6) is 11.5 Å². The van der Waals surface area contributed by atoms with Gasteiger partial charge in [-0.15, -0.1) is 0 Å². The molecule has 332 valence electrons. The first-order valence-electron chi connectivity index (χ1n) is 21.5. The highest BCUT2D eigenvalue weighted by Gasteiger charge is 2.19. The number of benzene rings is 4. The zero-order chi connectivity index (χ0) is 43.9. The van der Waals surface area contributed by atoms with E-state index >= 15 is 0 Å². The number of anilines is 2. The second-order valence-electron chi connectivity index (χ2n) is 13.6. The summed E-state index contributed by atoms with van der Waals surface area (Å²) in [4.78, 5) is 35.0. The van der Waals surface area contributed by atoms with Crippen molar-refractivity contribution in [2.24, 2.45) is 0 Å². The molecule has 3 aliphatic rings. The number of piperidine rings is 3. The molecule has 0 spiro atoms. The van der Waals surface area contributed by atoms with E-state index in [4.69, 9.17) is 30.5 Å². The molecule has 13 nitrogen and oxygen atoms in total. The fourth-order valence-electron chi connectivity index (χ4n) is 6.09. The first kappa shape index (κ1) is 50.0. The van der Waals surface area contributed by atoms with Crippen LogP contribution in [0.15, 0.2) is 109 Å². The largest absolute Gasteiger partial charge is 0.457 e. The van der Waals surface area contributed by atoms with Gasteiger partial charge in [0.05, 0.1) is 10.7 Å². The molecule has 3 fully saturated rings. The SMILES string of the molecule is CC.CC.O=C(NCc1ccccc1)OC1CCNCC1.O=C(Nc1ccc(Oc2ccccc2)cc1)OC1CCNCC1.O=C(Nc1ccccc1Cl)OC1CCNCC1. The Labute approximate surface area is 367 Å². The predicted octanol–water partition coefficient (Wildman–Crippen LogP) is 10.1. The van der Waals surface area contributed by atoms with Gasteiger partial charge in [-0.25, -0.2) is 14.4 Å². The molecule has 6 N–H and O–H groups in total. The maximum absolute atomic E-state index is 11.9. The van der Waals surface area contributed by atoms with Crippen molar-refractivity contribution in [2.75, 3.05) is 49.9 Å². The van der Waals surface area contributed by atoms with Crippen molar-refractivity contribution in [3.63, 3.8) is 0 Å². The lowest BCUT2D eigenvalue weighted by molar-refractivity contribution is 0.0789. The lowest BCUT2D eigenvalue weighted by atomic mass is 10.1. The molecule has 0 atom stereocenters. The Morgan fingerprint density at radius 2 is 0.934 bits per heavy atom. The molecule has 7 rings (SSSR count). The van der Waals surface area contributed by atoms with Crippen LogP contribution in [0, 0.1) is 0 Å². The maximum Gasteiger partial charge on any atom is 0.411 e. The molecule has 0 radical (unpaired) electrons. The van der Waals surface area contributed by atoms with Crippen LogP contribution in [0.2, 0.25) is 5.02 Å². The second-order valence-corrected chi connectivity index (χ2v) is 14.0. The molecule has 0 aromatic heterocycles. The van der Waals surface area contributed by atoms with E-state index in [2.05, 4.69) is 31.9 Å². The number of nitrogens with one attached hydrogen (secondary N) is 6. The zero-order valence-corrected chi connectivity index (χ0v) is 36.8. The number of hydrogen-bond acceptors (Lipinski definition) is 10. The van der Waals surface area contributed by atoms with Gasteiger partial charge in [0.25, 0.3) is 0 Å². The normalized spacial score (nSPS) is 15.0. The maximum atomic E-state index is 11.9. The van der Waals surface area contributed by atoms with Gasteiger partial charge < -0.3 is 40.2 Å². The van der Waals surface area contributed by atoms with Crippen molar-refractivity contribution in [1.29, 1.82) is 0 Å². The van der Waals surface area contributed by atoms with E-state index in [0.29, 0.717) is 28.7 Å². The molecule has 0 aliphatic carbocycles. The van der Waals surface area contributed by atoms with Gasteiger partial charge in [-0.1, -0.05) is 100.0 Å². The molecule has 61 heavy (non-hydrogen) atoms. The first-order chi connectivity index (χ1) is 29.9. The highest BCUT2D eigenvalue weighted by atomic mass is 35.5. The first-order valence-corrected chi connectivity index (χ1v) is 21.9. The van der Waals surface area contributed by atoms with E-state index in [9.17, 15) is 14.4 Å². The van der Waals surface area contributed by atoms with Gasteiger partial charge in [0.15, 0.2) is 0 Å². The summed E-state index contributed by atoms with van der Waals surface area (Å²) in [6.45, 7) is 13.9. The third-order valence-corrected chi connectivity index (χ3v) is 9.48. The lowest BCUT2D eigenvalue weighted by Crippen LogP contribution is -2.36. The number of rotatable bonds is 9. The minimum absolute atomic E-state index is 0.00117. The highest BCUT2D eigenvalue weighted by Crippen LogP contribution is 2.23. The summed E-state index contributed by atoms with van der Waals surface area (Å²) in [6.07, 6.45) is 4.12. The summed E-state index contributed by atoms with van der Waals surface area (Å²) < 4.78 is 21.7. The van der Waals surface area contributed by atoms with Crippen LogP contribution in [-0.4, -0.2) is 75.9 Å². The summed E-state index contributed by atoms with van der Waals surface area (Å²) in [7, 11) is 0. The van der Waals surface area contributed by atoms with E-state index in [1.165, 1.54) is 0 Å². The number of halogens is 1. The van der Waals surface area contributed by atoms with Crippen molar-refractivity contribution < 1.29 is 33.3 Å².